The molecule has 1 aliphatic heterocycles. The van der Waals surface area contributed by atoms with Gasteiger partial charge in [0.2, 0.25) is 16.6 Å². The van der Waals surface area contributed by atoms with Crippen molar-refractivity contribution in [2.24, 2.45) is 5.92 Å². The average Bonchev–Trinajstić information content (AvgIpc) is 3.15. The number of carbonyl (C=O) groups excluding carboxylic acids is 2. The third-order valence-electron chi connectivity index (χ3n) is 4.07. The van der Waals surface area contributed by atoms with Gasteiger partial charge in [-0.15, -0.1) is 0 Å². The Balaban J connectivity index is 1.67. The van der Waals surface area contributed by atoms with E-state index in [4.69, 9.17) is 12.2 Å². The second kappa shape index (κ2) is 6.96. The van der Waals surface area contributed by atoms with Crippen LogP contribution in [0.3, 0.4) is 0 Å². The number of aromatic amines is 1. The van der Waals surface area contributed by atoms with E-state index in [0.29, 0.717) is 11.3 Å². The zero-order chi connectivity index (χ0) is 17.1. The molecule has 1 atom stereocenters. The molecule has 0 saturated carbocycles. The van der Waals surface area contributed by atoms with Crippen LogP contribution in [0, 0.1) is 10.7 Å². The fourth-order valence-electron chi connectivity index (χ4n) is 2.80. The van der Waals surface area contributed by atoms with Crippen molar-refractivity contribution in [3.63, 3.8) is 0 Å². The molecule has 0 unspecified atom stereocenters. The smallest absolute Gasteiger partial charge is 0.244 e. The minimum Gasteiger partial charge on any atom is -0.312 e. The number of anilines is 1. The van der Waals surface area contributed by atoms with E-state index in [0.717, 1.165) is 18.5 Å². The van der Waals surface area contributed by atoms with E-state index >= 15 is 0 Å². The van der Waals surface area contributed by atoms with Crippen LogP contribution in [0.25, 0.3) is 0 Å². The van der Waals surface area contributed by atoms with E-state index in [1.807, 2.05) is 24.3 Å². The van der Waals surface area contributed by atoms with Crippen LogP contribution in [0.5, 0.6) is 0 Å². The summed E-state index contributed by atoms with van der Waals surface area (Å²) in [6.45, 7) is 2.50. The lowest BCUT2D eigenvalue weighted by Gasteiger charge is -2.17. The molecule has 0 spiro atoms. The van der Waals surface area contributed by atoms with Gasteiger partial charge >= 0.3 is 0 Å². The van der Waals surface area contributed by atoms with Gasteiger partial charge < -0.3 is 4.90 Å². The number of aryl methyl sites for hydroxylation is 1. The Morgan fingerprint density at radius 2 is 2.17 bits per heavy atom. The van der Waals surface area contributed by atoms with Gasteiger partial charge in [0.15, 0.2) is 0 Å². The van der Waals surface area contributed by atoms with E-state index in [1.165, 1.54) is 16.6 Å². The Morgan fingerprint density at radius 3 is 2.79 bits per heavy atom. The highest BCUT2D eigenvalue weighted by molar-refractivity contribution is 7.71. The number of hydrogen-bond acceptors (Lipinski definition) is 4. The van der Waals surface area contributed by atoms with Gasteiger partial charge in [0.1, 0.15) is 6.33 Å². The normalized spacial score (nSPS) is 17.3. The summed E-state index contributed by atoms with van der Waals surface area (Å²) in [7, 11) is 0. The lowest BCUT2D eigenvalue weighted by Crippen LogP contribution is -2.31. The lowest BCUT2D eigenvalue weighted by atomic mass is 10.1. The Labute approximate surface area is 144 Å². The van der Waals surface area contributed by atoms with Gasteiger partial charge in [0.25, 0.3) is 0 Å². The molecule has 2 heterocycles. The number of hydrogen-bond donors (Lipinski definition) is 2. The van der Waals surface area contributed by atoms with Crippen molar-refractivity contribution in [1.29, 1.82) is 0 Å². The van der Waals surface area contributed by atoms with E-state index in [2.05, 4.69) is 22.5 Å². The fraction of sp³-hybridized carbons (Fsp3) is 0.375. The van der Waals surface area contributed by atoms with Crippen LogP contribution in [0.1, 0.15) is 25.3 Å². The van der Waals surface area contributed by atoms with E-state index in [9.17, 15) is 9.59 Å². The summed E-state index contributed by atoms with van der Waals surface area (Å²) in [5, 5.41) is 6.30. The van der Waals surface area contributed by atoms with Crippen molar-refractivity contribution in [2.75, 3.05) is 16.9 Å². The van der Waals surface area contributed by atoms with E-state index in [1.54, 1.807) is 4.90 Å². The predicted octanol–water partition coefficient (Wildman–Crippen LogP) is 2.02. The van der Waals surface area contributed by atoms with Crippen LogP contribution in [0.15, 0.2) is 30.6 Å². The summed E-state index contributed by atoms with van der Waals surface area (Å²) >= 11 is 4.99. The highest BCUT2D eigenvalue weighted by atomic mass is 32.1. The third kappa shape index (κ3) is 3.38. The van der Waals surface area contributed by atoms with Crippen LogP contribution >= 0.6 is 12.2 Å². The first kappa shape index (κ1) is 16.4. The Hall–Kier alpha value is -2.48. The number of amides is 2. The SMILES string of the molecule is CCCc1ccc(N2C[C@@H](C(=O)Nn3cn[nH]c3=S)CC2=O)cc1. The van der Waals surface area contributed by atoms with Crippen molar-refractivity contribution >= 4 is 29.7 Å². The predicted molar refractivity (Wildman–Crippen MR) is 92.7 cm³/mol. The zero-order valence-electron chi connectivity index (χ0n) is 13.4. The van der Waals surface area contributed by atoms with E-state index in [-0.39, 0.29) is 18.2 Å². The molecule has 2 amide bonds. The summed E-state index contributed by atoms with van der Waals surface area (Å²) in [6.07, 6.45) is 3.68. The van der Waals surface area contributed by atoms with Gasteiger partial charge in [-0.3, -0.25) is 20.1 Å². The molecule has 1 aromatic carbocycles. The van der Waals surface area contributed by atoms with Gasteiger partial charge in [0.05, 0.1) is 5.92 Å². The molecule has 3 rings (SSSR count). The number of aromatic nitrogens is 3. The molecule has 24 heavy (non-hydrogen) atoms. The third-order valence-corrected chi connectivity index (χ3v) is 4.35. The first-order valence-electron chi connectivity index (χ1n) is 7.90. The average molecular weight is 345 g/mol. The minimum atomic E-state index is -0.412. The number of nitrogens with zero attached hydrogens (tertiary/aromatic N) is 3. The van der Waals surface area contributed by atoms with Gasteiger partial charge in [0, 0.05) is 18.7 Å². The largest absolute Gasteiger partial charge is 0.312 e. The van der Waals surface area contributed by atoms with Gasteiger partial charge in [-0.1, -0.05) is 25.5 Å². The topological polar surface area (TPSA) is 83.0 Å². The second-order valence-corrected chi connectivity index (χ2v) is 6.22. The first-order chi connectivity index (χ1) is 11.6. The number of H-pyrrole nitrogens is 1. The van der Waals surface area contributed by atoms with Crippen LogP contribution in [-0.4, -0.2) is 33.2 Å². The molecule has 2 aromatic rings. The second-order valence-electron chi connectivity index (χ2n) is 5.83. The molecule has 7 nitrogen and oxygen atoms in total. The minimum absolute atomic E-state index is 0.0471. The summed E-state index contributed by atoms with van der Waals surface area (Å²) in [6, 6.07) is 7.94. The summed E-state index contributed by atoms with van der Waals surface area (Å²) < 4.78 is 1.64. The van der Waals surface area contributed by atoms with Crippen LogP contribution < -0.4 is 10.3 Å². The molecule has 0 bridgehead atoms. The Morgan fingerprint density at radius 1 is 1.42 bits per heavy atom. The molecule has 1 aliphatic rings. The number of carbonyl (C=O) groups is 2. The number of rotatable bonds is 5. The van der Waals surface area contributed by atoms with Crippen molar-refractivity contribution < 1.29 is 9.59 Å². The number of nitrogens with one attached hydrogen (secondary N) is 2. The molecular formula is C16H19N5O2S. The van der Waals surface area contributed by atoms with Crippen molar-refractivity contribution in [3.8, 4) is 0 Å². The van der Waals surface area contributed by atoms with Gasteiger partial charge in [-0.2, -0.15) is 5.10 Å². The highest BCUT2D eigenvalue weighted by Crippen LogP contribution is 2.26. The summed E-state index contributed by atoms with van der Waals surface area (Å²) in [4.78, 5) is 26.3. The molecule has 2 N–H and O–H groups in total. The zero-order valence-corrected chi connectivity index (χ0v) is 14.2. The number of benzene rings is 1. The molecule has 1 fully saturated rings. The Kier molecular flexibility index (Phi) is 4.75. The molecular weight excluding hydrogens is 326 g/mol. The first-order valence-corrected chi connectivity index (χ1v) is 8.31. The van der Waals surface area contributed by atoms with Crippen LogP contribution in [-0.2, 0) is 16.0 Å². The summed E-state index contributed by atoms with van der Waals surface area (Å²) in [5.74, 6) is -0.704. The van der Waals surface area contributed by atoms with Crippen LogP contribution in [0.4, 0.5) is 5.69 Å². The quantitative estimate of drug-likeness (QED) is 0.812. The lowest BCUT2D eigenvalue weighted by molar-refractivity contribution is -0.123. The standard InChI is InChI=1S/C16H19N5O2S/c1-2-3-11-4-6-13(7-5-11)20-9-12(8-14(20)22)15(23)19-21-10-17-18-16(21)24/h4-7,10,12H,2-3,8-9H2,1H3,(H,18,24)(H,19,23)/t12-/m0/s1. The highest BCUT2D eigenvalue weighted by Gasteiger charge is 2.35. The maximum absolute atomic E-state index is 12.3. The van der Waals surface area contributed by atoms with Gasteiger partial charge in [-0.25, -0.2) is 4.68 Å². The molecule has 126 valence electrons. The maximum Gasteiger partial charge on any atom is 0.244 e. The van der Waals surface area contributed by atoms with Crippen molar-refractivity contribution in [1.82, 2.24) is 14.9 Å². The summed E-state index contributed by atoms with van der Waals surface area (Å²) in [5.41, 5.74) is 4.73. The maximum atomic E-state index is 12.3. The van der Waals surface area contributed by atoms with E-state index < -0.39 is 5.92 Å². The van der Waals surface area contributed by atoms with Crippen LogP contribution in [0.2, 0.25) is 0 Å². The van der Waals surface area contributed by atoms with Crippen molar-refractivity contribution in [2.45, 2.75) is 26.2 Å². The van der Waals surface area contributed by atoms with Gasteiger partial charge in [-0.05, 0) is 36.3 Å². The molecule has 0 aliphatic carbocycles. The fourth-order valence-corrected chi connectivity index (χ4v) is 2.95. The monoisotopic (exact) mass is 345 g/mol. The molecule has 1 aromatic heterocycles. The molecule has 1 saturated heterocycles. The molecule has 0 radical (unpaired) electrons. The molecule has 8 heteroatoms. The Bertz CT molecular complexity index is 795. The van der Waals surface area contributed by atoms with Crippen molar-refractivity contribution in [3.05, 3.63) is 40.9 Å².